The molecular formula is C12H20O5. The lowest BCUT2D eigenvalue weighted by atomic mass is 9.88. The van der Waals surface area contributed by atoms with Crippen LogP contribution in [0.3, 0.4) is 0 Å². The van der Waals surface area contributed by atoms with E-state index >= 15 is 0 Å². The first kappa shape index (κ1) is 13.0. The van der Waals surface area contributed by atoms with Gasteiger partial charge in [0.15, 0.2) is 23.5 Å². The molecule has 0 amide bonds. The zero-order valence-corrected chi connectivity index (χ0v) is 11.0. The van der Waals surface area contributed by atoms with Gasteiger partial charge in [0.2, 0.25) is 0 Å². The van der Waals surface area contributed by atoms with Gasteiger partial charge >= 0.3 is 0 Å². The van der Waals surface area contributed by atoms with Gasteiger partial charge < -0.3 is 18.9 Å². The number of rotatable bonds is 3. The SMILES string of the molecule is CC[C@@]1(C(C)=O)O[C@@H]2OC(C)(C)O[C@@H]2[C@@H]1OC. The molecule has 2 aliphatic heterocycles. The number of methoxy groups -OCH3 is 1. The summed E-state index contributed by atoms with van der Waals surface area (Å²) in [5.74, 6) is -0.741. The molecule has 0 spiro atoms. The van der Waals surface area contributed by atoms with E-state index in [4.69, 9.17) is 18.9 Å². The van der Waals surface area contributed by atoms with Crippen molar-refractivity contribution in [3.05, 3.63) is 0 Å². The van der Waals surface area contributed by atoms with E-state index in [0.29, 0.717) is 6.42 Å². The summed E-state index contributed by atoms with van der Waals surface area (Å²) in [6.07, 6.45) is -0.754. The highest BCUT2D eigenvalue weighted by molar-refractivity contribution is 5.86. The molecule has 0 aliphatic carbocycles. The Hall–Kier alpha value is -0.490. The predicted molar refractivity (Wildman–Crippen MR) is 59.4 cm³/mol. The van der Waals surface area contributed by atoms with E-state index in [1.54, 1.807) is 7.11 Å². The highest BCUT2D eigenvalue weighted by Crippen LogP contribution is 2.45. The number of ether oxygens (including phenoxy) is 4. The molecule has 2 fully saturated rings. The van der Waals surface area contributed by atoms with Crippen LogP contribution in [0.4, 0.5) is 0 Å². The summed E-state index contributed by atoms with van der Waals surface area (Å²) >= 11 is 0. The second-order valence-corrected chi connectivity index (χ2v) is 5.04. The van der Waals surface area contributed by atoms with Crippen molar-refractivity contribution < 1.29 is 23.7 Å². The summed E-state index contributed by atoms with van der Waals surface area (Å²) in [7, 11) is 1.57. The molecule has 0 aromatic rings. The number of hydrogen-bond acceptors (Lipinski definition) is 5. The number of ketones is 1. The molecule has 2 saturated heterocycles. The van der Waals surface area contributed by atoms with Gasteiger partial charge in [-0.05, 0) is 27.2 Å². The minimum Gasteiger partial charge on any atom is -0.375 e. The Balaban J connectivity index is 2.29. The molecule has 5 nitrogen and oxygen atoms in total. The molecule has 0 aromatic carbocycles. The minimum atomic E-state index is -0.944. The van der Waals surface area contributed by atoms with E-state index in [0.717, 1.165) is 0 Å². The quantitative estimate of drug-likeness (QED) is 0.747. The molecular weight excluding hydrogens is 224 g/mol. The molecule has 0 saturated carbocycles. The van der Waals surface area contributed by atoms with Crippen LogP contribution < -0.4 is 0 Å². The second kappa shape index (κ2) is 4.02. The summed E-state index contributed by atoms with van der Waals surface area (Å²) in [6, 6.07) is 0. The van der Waals surface area contributed by atoms with Crippen LogP contribution >= 0.6 is 0 Å². The Kier molecular flexibility index (Phi) is 3.06. The van der Waals surface area contributed by atoms with Crippen LogP contribution in [0.25, 0.3) is 0 Å². The molecule has 0 bridgehead atoms. The molecule has 0 radical (unpaired) electrons. The van der Waals surface area contributed by atoms with E-state index in [1.165, 1.54) is 6.92 Å². The van der Waals surface area contributed by atoms with Crippen molar-refractivity contribution in [2.24, 2.45) is 0 Å². The van der Waals surface area contributed by atoms with Crippen molar-refractivity contribution in [1.82, 2.24) is 0 Å². The van der Waals surface area contributed by atoms with Crippen molar-refractivity contribution in [2.45, 2.75) is 64.0 Å². The number of hydrogen-bond donors (Lipinski definition) is 0. The molecule has 2 heterocycles. The standard InChI is InChI=1S/C12H20O5/c1-6-12(7(2)13)9(14-5)8-10(17-12)16-11(3,4)15-8/h8-10H,6H2,1-5H3/t8-,9+,10+,12+/m1/s1. The molecule has 5 heteroatoms. The Bertz CT molecular complexity index is 327. The maximum atomic E-state index is 11.8. The van der Waals surface area contributed by atoms with E-state index in [2.05, 4.69) is 0 Å². The zero-order chi connectivity index (χ0) is 12.8. The maximum absolute atomic E-state index is 11.8. The van der Waals surface area contributed by atoms with Gasteiger partial charge in [0, 0.05) is 7.11 Å². The maximum Gasteiger partial charge on any atom is 0.191 e. The van der Waals surface area contributed by atoms with E-state index in [1.807, 2.05) is 20.8 Å². The third kappa shape index (κ3) is 1.81. The molecule has 0 N–H and O–H groups in total. The van der Waals surface area contributed by atoms with Gasteiger partial charge in [0.05, 0.1) is 0 Å². The zero-order valence-electron chi connectivity index (χ0n) is 11.0. The Morgan fingerprint density at radius 1 is 1.29 bits per heavy atom. The Morgan fingerprint density at radius 2 is 1.94 bits per heavy atom. The minimum absolute atomic E-state index is 0.0498. The number of carbonyl (C=O) groups excluding carboxylic acids is 1. The summed E-state index contributed by atoms with van der Waals surface area (Å²) in [5.41, 5.74) is -0.944. The largest absolute Gasteiger partial charge is 0.375 e. The fourth-order valence-corrected chi connectivity index (χ4v) is 2.73. The molecule has 4 atom stereocenters. The first-order valence-corrected chi connectivity index (χ1v) is 5.93. The van der Waals surface area contributed by atoms with E-state index in [-0.39, 0.29) is 11.9 Å². The van der Waals surface area contributed by atoms with Gasteiger partial charge in [0.1, 0.15) is 12.2 Å². The fraction of sp³-hybridized carbons (Fsp3) is 0.917. The van der Waals surface area contributed by atoms with Crippen LogP contribution in [0.1, 0.15) is 34.1 Å². The van der Waals surface area contributed by atoms with Crippen molar-refractivity contribution in [1.29, 1.82) is 0 Å². The van der Waals surface area contributed by atoms with Gasteiger partial charge in [-0.15, -0.1) is 0 Å². The van der Waals surface area contributed by atoms with Gasteiger partial charge in [-0.25, -0.2) is 0 Å². The smallest absolute Gasteiger partial charge is 0.191 e. The molecule has 17 heavy (non-hydrogen) atoms. The van der Waals surface area contributed by atoms with Crippen LogP contribution in [0.5, 0.6) is 0 Å². The monoisotopic (exact) mass is 244 g/mol. The van der Waals surface area contributed by atoms with Crippen LogP contribution in [-0.4, -0.2) is 42.8 Å². The van der Waals surface area contributed by atoms with Gasteiger partial charge in [-0.2, -0.15) is 0 Å². The molecule has 0 unspecified atom stereocenters. The highest BCUT2D eigenvalue weighted by atomic mass is 16.8. The summed E-state index contributed by atoms with van der Waals surface area (Å²) < 4.78 is 22.6. The number of Topliss-reactive ketones (excluding diaryl/α,β-unsaturated/α-hetero) is 1. The molecule has 2 aliphatic rings. The Morgan fingerprint density at radius 3 is 2.41 bits per heavy atom. The summed E-state index contributed by atoms with van der Waals surface area (Å²) in [4.78, 5) is 11.8. The van der Waals surface area contributed by atoms with Crippen LogP contribution in [0, 0.1) is 0 Å². The number of carbonyl (C=O) groups is 1. The first-order valence-electron chi connectivity index (χ1n) is 5.93. The first-order chi connectivity index (χ1) is 7.86. The van der Waals surface area contributed by atoms with Crippen LogP contribution in [-0.2, 0) is 23.7 Å². The lowest BCUT2D eigenvalue weighted by Gasteiger charge is -2.33. The van der Waals surface area contributed by atoms with Gasteiger partial charge in [-0.3, -0.25) is 4.79 Å². The predicted octanol–water partition coefficient (Wildman–Crippen LogP) is 1.25. The lowest BCUT2D eigenvalue weighted by molar-refractivity contribution is -0.238. The third-order valence-corrected chi connectivity index (χ3v) is 3.55. The van der Waals surface area contributed by atoms with Crippen LogP contribution in [0.15, 0.2) is 0 Å². The molecule has 98 valence electrons. The number of fused-ring (bicyclic) bond motifs is 1. The van der Waals surface area contributed by atoms with Gasteiger partial charge in [-0.1, -0.05) is 6.92 Å². The van der Waals surface area contributed by atoms with Crippen molar-refractivity contribution in [3.63, 3.8) is 0 Å². The highest BCUT2D eigenvalue weighted by Gasteiger charge is 2.63. The van der Waals surface area contributed by atoms with E-state index < -0.39 is 23.8 Å². The topological polar surface area (TPSA) is 54.0 Å². The van der Waals surface area contributed by atoms with Crippen LogP contribution in [0.2, 0.25) is 0 Å². The lowest BCUT2D eigenvalue weighted by Crippen LogP contribution is -2.50. The second-order valence-electron chi connectivity index (χ2n) is 5.04. The third-order valence-electron chi connectivity index (χ3n) is 3.55. The fourth-order valence-electron chi connectivity index (χ4n) is 2.73. The van der Waals surface area contributed by atoms with Gasteiger partial charge in [0.25, 0.3) is 0 Å². The molecule has 0 aromatic heterocycles. The van der Waals surface area contributed by atoms with Crippen molar-refractivity contribution in [2.75, 3.05) is 7.11 Å². The normalized spacial score (nSPS) is 43.7. The summed E-state index contributed by atoms with van der Waals surface area (Å²) in [5, 5.41) is 0. The molecule has 2 rings (SSSR count). The van der Waals surface area contributed by atoms with Crippen molar-refractivity contribution >= 4 is 5.78 Å². The average Bonchev–Trinajstić information content (AvgIpc) is 2.66. The van der Waals surface area contributed by atoms with E-state index in [9.17, 15) is 4.79 Å². The van der Waals surface area contributed by atoms with Crippen molar-refractivity contribution in [3.8, 4) is 0 Å². The Labute approximate surface area is 101 Å². The summed E-state index contributed by atoms with van der Waals surface area (Å²) in [6.45, 7) is 7.06. The average molecular weight is 244 g/mol.